The fraction of sp³-hybridized carbons (Fsp3) is 0.182. The van der Waals surface area contributed by atoms with Gasteiger partial charge in [-0.3, -0.25) is 0 Å². The van der Waals surface area contributed by atoms with Gasteiger partial charge in [0.05, 0.1) is 17.6 Å². The first-order valence-corrected chi connectivity index (χ1v) is 6.92. The first kappa shape index (κ1) is 12.4. The summed E-state index contributed by atoms with van der Waals surface area (Å²) in [6, 6.07) is 6.17. The van der Waals surface area contributed by atoms with Gasteiger partial charge in [-0.05, 0) is 12.1 Å². The predicted molar refractivity (Wildman–Crippen MR) is 66.0 cm³/mol. The zero-order valence-corrected chi connectivity index (χ0v) is 10.7. The van der Waals surface area contributed by atoms with Crippen molar-refractivity contribution >= 4 is 15.7 Å². The lowest BCUT2D eigenvalue weighted by Gasteiger charge is -2.09. The van der Waals surface area contributed by atoms with Gasteiger partial charge in [-0.2, -0.15) is 0 Å². The molecule has 0 saturated carbocycles. The smallest absolute Gasteiger partial charge is 0.176 e. The topological polar surface area (TPSA) is 95.4 Å². The molecule has 18 heavy (non-hydrogen) atoms. The Morgan fingerprint density at radius 1 is 1.39 bits per heavy atom. The second kappa shape index (κ2) is 4.34. The van der Waals surface area contributed by atoms with Crippen LogP contribution in [-0.2, 0) is 9.84 Å². The van der Waals surface area contributed by atoms with Crippen molar-refractivity contribution in [2.24, 2.45) is 0 Å². The third-order valence-electron chi connectivity index (χ3n) is 2.38. The quantitative estimate of drug-likeness (QED) is 0.902. The van der Waals surface area contributed by atoms with E-state index in [0.29, 0.717) is 11.3 Å². The van der Waals surface area contributed by atoms with Crippen molar-refractivity contribution in [1.82, 2.24) is 5.16 Å². The van der Waals surface area contributed by atoms with E-state index in [0.717, 1.165) is 6.26 Å². The highest BCUT2D eigenvalue weighted by Crippen LogP contribution is 2.36. The van der Waals surface area contributed by atoms with E-state index in [-0.39, 0.29) is 16.5 Å². The summed E-state index contributed by atoms with van der Waals surface area (Å²) in [4.78, 5) is 0.109. The molecule has 2 N–H and O–H groups in total. The molecule has 6 nitrogen and oxygen atoms in total. The van der Waals surface area contributed by atoms with Crippen LogP contribution in [0.4, 0.5) is 5.82 Å². The molecule has 96 valence electrons. The number of benzene rings is 1. The first-order valence-electron chi connectivity index (χ1n) is 5.03. The summed E-state index contributed by atoms with van der Waals surface area (Å²) in [5.74, 6) is 0.815. The van der Waals surface area contributed by atoms with E-state index in [9.17, 15) is 8.42 Å². The number of nitrogens with two attached hydrogens (primary N) is 1. The van der Waals surface area contributed by atoms with Crippen LogP contribution in [0.5, 0.6) is 5.75 Å². The van der Waals surface area contributed by atoms with Gasteiger partial charge >= 0.3 is 0 Å². The van der Waals surface area contributed by atoms with Crippen LogP contribution in [0.15, 0.2) is 33.7 Å². The van der Waals surface area contributed by atoms with Crippen molar-refractivity contribution < 1.29 is 17.7 Å². The molecule has 0 aliphatic heterocycles. The minimum atomic E-state index is -3.41. The first-order chi connectivity index (χ1) is 8.43. The van der Waals surface area contributed by atoms with E-state index in [1.807, 2.05) is 0 Å². The van der Waals surface area contributed by atoms with Gasteiger partial charge in [0.1, 0.15) is 5.75 Å². The maximum Gasteiger partial charge on any atom is 0.176 e. The van der Waals surface area contributed by atoms with Crippen LogP contribution in [0.2, 0.25) is 0 Å². The van der Waals surface area contributed by atoms with Gasteiger partial charge in [-0.15, -0.1) is 0 Å². The van der Waals surface area contributed by atoms with E-state index < -0.39 is 9.84 Å². The number of hydrogen-bond acceptors (Lipinski definition) is 6. The van der Waals surface area contributed by atoms with Crippen LogP contribution >= 0.6 is 0 Å². The van der Waals surface area contributed by atoms with Crippen molar-refractivity contribution in [3.63, 3.8) is 0 Å². The van der Waals surface area contributed by atoms with Gasteiger partial charge in [0, 0.05) is 12.3 Å². The highest BCUT2D eigenvalue weighted by molar-refractivity contribution is 7.90. The Morgan fingerprint density at radius 3 is 2.61 bits per heavy atom. The fourth-order valence-corrected chi connectivity index (χ4v) is 2.54. The van der Waals surface area contributed by atoms with Gasteiger partial charge in [-0.1, -0.05) is 11.2 Å². The average molecular weight is 268 g/mol. The van der Waals surface area contributed by atoms with Crippen molar-refractivity contribution in [3.8, 4) is 17.1 Å². The van der Waals surface area contributed by atoms with E-state index in [4.69, 9.17) is 15.0 Å². The number of rotatable bonds is 3. The molecular formula is C11H12N2O4S. The number of hydrogen-bond donors (Lipinski definition) is 1. The molecule has 2 rings (SSSR count). The zero-order valence-electron chi connectivity index (χ0n) is 9.88. The summed E-state index contributed by atoms with van der Waals surface area (Å²) in [6.07, 6.45) is 1.12. The molecule has 0 fully saturated rings. The van der Waals surface area contributed by atoms with E-state index in [1.54, 1.807) is 12.1 Å². The number of methoxy groups -OCH3 is 1. The molecule has 7 heteroatoms. The summed E-state index contributed by atoms with van der Waals surface area (Å²) < 4.78 is 33.7. The normalized spacial score (nSPS) is 11.4. The van der Waals surface area contributed by atoms with Gasteiger partial charge in [0.25, 0.3) is 0 Å². The van der Waals surface area contributed by atoms with Crippen molar-refractivity contribution in [1.29, 1.82) is 0 Å². The summed E-state index contributed by atoms with van der Waals surface area (Å²) >= 11 is 0. The summed E-state index contributed by atoms with van der Waals surface area (Å²) in [7, 11) is -1.96. The van der Waals surface area contributed by atoms with Gasteiger partial charge < -0.3 is 15.0 Å². The Bertz CT molecular complexity index is 676. The number of aromatic nitrogens is 1. The van der Waals surface area contributed by atoms with E-state index in [2.05, 4.69) is 5.16 Å². The third-order valence-corrected chi connectivity index (χ3v) is 3.52. The van der Waals surface area contributed by atoms with Gasteiger partial charge in [0.15, 0.2) is 21.4 Å². The minimum Gasteiger partial charge on any atom is -0.496 e. The van der Waals surface area contributed by atoms with E-state index >= 15 is 0 Å². The Morgan fingerprint density at radius 2 is 2.11 bits per heavy atom. The van der Waals surface area contributed by atoms with Crippen molar-refractivity contribution in [2.75, 3.05) is 19.1 Å². The lowest BCUT2D eigenvalue weighted by Crippen LogP contribution is -2.01. The highest BCUT2D eigenvalue weighted by Gasteiger charge is 2.21. The Hall–Kier alpha value is -2.02. The highest BCUT2D eigenvalue weighted by atomic mass is 32.2. The second-order valence-corrected chi connectivity index (χ2v) is 5.71. The minimum absolute atomic E-state index is 0.109. The molecule has 0 atom stereocenters. The summed E-state index contributed by atoms with van der Waals surface area (Å²) in [5, 5.41) is 3.54. The molecule has 1 aromatic carbocycles. The Labute approximate surface area is 104 Å². The van der Waals surface area contributed by atoms with E-state index in [1.165, 1.54) is 19.2 Å². The number of nitrogens with zero attached hydrogens (tertiary/aromatic N) is 1. The maximum absolute atomic E-state index is 11.8. The standard InChI is InChI=1S/C11H12N2O4S/c1-16-7-4-3-5-9(18(2,14)15)11(7)8-6-10(12)13-17-8/h3-6H,1-2H3,(H2,12,13). The van der Waals surface area contributed by atoms with Crippen LogP contribution in [0.3, 0.4) is 0 Å². The van der Waals surface area contributed by atoms with Crippen LogP contribution in [-0.4, -0.2) is 26.9 Å². The number of anilines is 1. The zero-order chi connectivity index (χ0) is 13.3. The molecule has 0 aliphatic rings. The SMILES string of the molecule is COc1cccc(S(C)(=O)=O)c1-c1cc(N)no1. The van der Waals surface area contributed by atoms with Gasteiger partial charge in [0.2, 0.25) is 0 Å². The summed E-state index contributed by atoms with van der Waals surface area (Å²) in [5.41, 5.74) is 5.80. The molecular weight excluding hydrogens is 256 g/mol. The molecule has 0 radical (unpaired) electrons. The maximum atomic E-state index is 11.8. The third kappa shape index (κ3) is 2.17. The van der Waals surface area contributed by atoms with Crippen molar-refractivity contribution in [2.45, 2.75) is 4.90 Å². The molecule has 0 saturated heterocycles. The Balaban J connectivity index is 2.78. The molecule has 0 spiro atoms. The lowest BCUT2D eigenvalue weighted by atomic mass is 10.1. The summed E-state index contributed by atoms with van der Waals surface area (Å²) in [6.45, 7) is 0. The molecule has 0 unspecified atom stereocenters. The van der Waals surface area contributed by atoms with Crippen LogP contribution in [0.1, 0.15) is 0 Å². The number of ether oxygens (including phenoxy) is 1. The number of nitrogen functional groups attached to an aromatic ring is 1. The molecule has 0 amide bonds. The largest absolute Gasteiger partial charge is 0.496 e. The Kier molecular flexibility index (Phi) is 3.00. The molecule has 0 aliphatic carbocycles. The predicted octanol–water partition coefficient (Wildman–Crippen LogP) is 1.34. The van der Waals surface area contributed by atoms with Crippen molar-refractivity contribution in [3.05, 3.63) is 24.3 Å². The second-order valence-electron chi connectivity index (χ2n) is 3.72. The fourth-order valence-electron chi connectivity index (χ4n) is 1.64. The molecule has 1 heterocycles. The molecule has 2 aromatic rings. The monoisotopic (exact) mass is 268 g/mol. The lowest BCUT2D eigenvalue weighted by molar-refractivity contribution is 0.405. The molecule has 0 bridgehead atoms. The molecule has 1 aromatic heterocycles. The van der Waals surface area contributed by atoms with Crippen LogP contribution in [0.25, 0.3) is 11.3 Å². The van der Waals surface area contributed by atoms with Crippen LogP contribution < -0.4 is 10.5 Å². The number of sulfone groups is 1. The van der Waals surface area contributed by atoms with Gasteiger partial charge in [-0.25, -0.2) is 8.42 Å². The average Bonchev–Trinajstić information content (AvgIpc) is 2.73. The van der Waals surface area contributed by atoms with Crippen LogP contribution in [0, 0.1) is 0 Å².